The second-order valence-corrected chi connectivity index (χ2v) is 3.83. The van der Waals surface area contributed by atoms with Crippen LogP contribution >= 0.6 is 11.3 Å². The molecule has 1 rings (SSSR count). The number of rotatable bonds is 5. The molecule has 0 radical (unpaired) electrons. The van der Waals surface area contributed by atoms with E-state index in [4.69, 9.17) is 5.11 Å². The number of carbonyl (C=O) groups is 2. The van der Waals surface area contributed by atoms with E-state index in [1.54, 1.807) is 12.6 Å². The summed E-state index contributed by atoms with van der Waals surface area (Å²) in [5.74, 6) is -1.01. The Morgan fingerprint density at radius 3 is 2.87 bits per heavy atom. The van der Waals surface area contributed by atoms with Gasteiger partial charge in [0.05, 0.1) is 24.0 Å². The molecule has 15 heavy (non-hydrogen) atoms. The van der Waals surface area contributed by atoms with E-state index in [0.29, 0.717) is 0 Å². The minimum atomic E-state index is -0.900. The molecule has 6 heteroatoms. The highest BCUT2D eigenvalue weighted by Crippen LogP contribution is 2.03. The first-order valence-electron chi connectivity index (χ1n) is 4.42. The van der Waals surface area contributed by atoms with Crippen molar-refractivity contribution in [3.8, 4) is 0 Å². The quantitative estimate of drug-likeness (QED) is 0.802. The first-order chi connectivity index (χ1) is 7.09. The van der Waals surface area contributed by atoms with Crippen LogP contribution < -0.4 is 0 Å². The van der Waals surface area contributed by atoms with E-state index in [1.165, 1.54) is 16.2 Å². The molecule has 1 heterocycles. The number of thiazole rings is 1. The molecule has 5 nitrogen and oxygen atoms in total. The predicted octanol–water partition coefficient (Wildman–Crippen LogP) is 0.619. The summed E-state index contributed by atoms with van der Waals surface area (Å²) in [4.78, 5) is 27.2. The standard InChI is InChI=1S/C9H12N2O3S/c1-11(3-2-9(13)14)8(12)4-7-5-15-6-10-7/h5-6H,2-4H2,1H3,(H,13,14). The zero-order valence-electron chi connectivity index (χ0n) is 8.34. The van der Waals surface area contributed by atoms with Gasteiger partial charge in [0, 0.05) is 19.0 Å². The van der Waals surface area contributed by atoms with Gasteiger partial charge in [0.2, 0.25) is 5.91 Å². The van der Waals surface area contributed by atoms with Gasteiger partial charge in [0.1, 0.15) is 0 Å². The van der Waals surface area contributed by atoms with Crippen molar-refractivity contribution in [1.82, 2.24) is 9.88 Å². The summed E-state index contributed by atoms with van der Waals surface area (Å²) in [7, 11) is 1.59. The molecule has 0 aliphatic heterocycles. The fourth-order valence-corrected chi connectivity index (χ4v) is 1.56. The monoisotopic (exact) mass is 228 g/mol. The molecule has 0 spiro atoms. The minimum Gasteiger partial charge on any atom is -0.481 e. The molecule has 1 aromatic rings. The number of aromatic nitrogens is 1. The van der Waals surface area contributed by atoms with Crippen LogP contribution in [-0.4, -0.2) is 40.5 Å². The summed E-state index contributed by atoms with van der Waals surface area (Å²) in [5.41, 5.74) is 2.40. The van der Waals surface area contributed by atoms with Crippen LogP contribution in [0.3, 0.4) is 0 Å². The van der Waals surface area contributed by atoms with Crippen LogP contribution in [0.2, 0.25) is 0 Å². The molecule has 0 unspecified atom stereocenters. The number of nitrogens with zero attached hydrogens (tertiary/aromatic N) is 2. The third-order valence-corrected chi connectivity index (χ3v) is 2.54. The first kappa shape index (κ1) is 11.6. The SMILES string of the molecule is CN(CCC(=O)O)C(=O)Cc1cscn1. The van der Waals surface area contributed by atoms with Gasteiger partial charge in [-0.1, -0.05) is 0 Å². The Hall–Kier alpha value is -1.43. The molecule has 0 saturated heterocycles. The van der Waals surface area contributed by atoms with Crippen molar-refractivity contribution in [3.63, 3.8) is 0 Å². The number of carboxylic acid groups (broad SMARTS) is 1. The van der Waals surface area contributed by atoms with Crippen LogP contribution in [0.1, 0.15) is 12.1 Å². The Morgan fingerprint density at radius 1 is 1.60 bits per heavy atom. The number of hydrogen-bond donors (Lipinski definition) is 1. The number of hydrogen-bond acceptors (Lipinski definition) is 4. The molecule has 82 valence electrons. The predicted molar refractivity (Wildman–Crippen MR) is 55.7 cm³/mol. The van der Waals surface area contributed by atoms with E-state index >= 15 is 0 Å². The molecule has 1 aromatic heterocycles. The van der Waals surface area contributed by atoms with Crippen molar-refractivity contribution < 1.29 is 14.7 Å². The molecule has 0 saturated carbocycles. The number of likely N-dealkylation sites (N-methyl/N-ethyl adjacent to an activating group) is 1. The fourth-order valence-electron chi connectivity index (χ4n) is 1.00. The summed E-state index contributed by atoms with van der Waals surface area (Å²) in [6.45, 7) is 0.234. The van der Waals surface area contributed by atoms with Crippen molar-refractivity contribution in [3.05, 3.63) is 16.6 Å². The average molecular weight is 228 g/mol. The maximum absolute atomic E-state index is 11.5. The summed E-state index contributed by atoms with van der Waals surface area (Å²) in [5, 5.41) is 10.3. The minimum absolute atomic E-state index is 0.0285. The molecule has 1 N–H and O–H groups in total. The Bertz CT molecular complexity index is 337. The van der Waals surface area contributed by atoms with Gasteiger partial charge in [-0.25, -0.2) is 4.98 Å². The smallest absolute Gasteiger partial charge is 0.305 e. The van der Waals surface area contributed by atoms with Gasteiger partial charge in [-0.2, -0.15) is 0 Å². The van der Waals surface area contributed by atoms with E-state index in [9.17, 15) is 9.59 Å². The summed E-state index contributed by atoms with van der Waals surface area (Å²) >= 11 is 1.44. The third-order valence-electron chi connectivity index (χ3n) is 1.90. The normalized spacial score (nSPS) is 9.93. The van der Waals surface area contributed by atoms with Crippen molar-refractivity contribution in [1.29, 1.82) is 0 Å². The van der Waals surface area contributed by atoms with Crippen LogP contribution in [0.5, 0.6) is 0 Å². The van der Waals surface area contributed by atoms with E-state index in [-0.39, 0.29) is 25.3 Å². The molecular weight excluding hydrogens is 216 g/mol. The number of aliphatic carboxylic acids is 1. The van der Waals surface area contributed by atoms with E-state index in [0.717, 1.165) is 5.69 Å². The molecule has 0 aliphatic carbocycles. The molecule has 0 aromatic carbocycles. The van der Waals surface area contributed by atoms with E-state index < -0.39 is 5.97 Å². The van der Waals surface area contributed by atoms with Gasteiger partial charge in [0.15, 0.2) is 0 Å². The zero-order chi connectivity index (χ0) is 11.3. The molecular formula is C9H12N2O3S. The molecule has 0 atom stereocenters. The van der Waals surface area contributed by atoms with Crippen LogP contribution in [-0.2, 0) is 16.0 Å². The molecule has 0 fully saturated rings. The van der Waals surface area contributed by atoms with Gasteiger partial charge < -0.3 is 10.0 Å². The highest BCUT2D eigenvalue weighted by Gasteiger charge is 2.11. The van der Waals surface area contributed by atoms with Crippen molar-refractivity contribution in [2.75, 3.05) is 13.6 Å². The van der Waals surface area contributed by atoms with Gasteiger partial charge in [-0.05, 0) is 0 Å². The summed E-state index contributed by atoms with van der Waals surface area (Å²) in [6.07, 6.45) is 0.207. The lowest BCUT2D eigenvalue weighted by molar-refractivity contribution is -0.138. The van der Waals surface area contributed by atoms with Crippen molar-refractivity contribution >= 4 is 23.2 Å². The molecule has 1 amide bonds. The van der Waals surface area contributed by atoms with Crippen molar-refractivity contribution in [2.24, 2.45) is 0 Å². The Labute approximate surface area is 91.4 Å². The van der Waals surface area contributed by atoms with E-state index in [1.807, 2.05) is 5.38 Å². The van der Waals surface area contributed by atoms with Gasteiger partial charge in [0.25, 0.3) is 0 Å². The lowest BCUT2D eigenvalue weighted by atomic mass is 10.3. The largest absolute Gasteiger partial charge is 0.481 e. The third kappa shape index (κ3) is 4.07. The van der Waals surface area contributed by atoms with Crippen LogP contribution in [0.25, 0.3) is 0 Å². The lowest BCUT2D eigenvalue weighted by Crippen LogP contribution is -2.30. The van der Waals surface area contributed by atoms with Crippen LogP contribution in [0, 0.1) is 0 Å². The lowest BCUT2D eigenvalue weighted by Gasteiger charge is -2.14. The Kier molecular flexibility index (Phi) is 4.23. The van der Waals surface area contributed by atoms with Crippen LogP contribution in [0.15, 0.2) is 10.9 Å². The van der Waals surface area contributed by atoms with Crippen molar-refractivity contribution in [2.45, 2.75) is 12.8 Å². The first-order valence-corrected chi connectivity index (χ1v) is 5.36. The van der Waals surface area contributed by atoms with Crippen LogP contribution in [0.4, 0.5) is 0 Å². The highest BCUT2D eigenvalue weighted by atomic mass is 32.1. The molecule has 0 bridgehead atoms. The highest BCUT2D eigenvalue weighted by molar-refractivity contribution is 7.07. The Balaban J connectivity index is 2.36. The number of amides is 1. The maximum atomic E-state index is 11.5. The summed E-state index contributed by atoms with van der Waals surface area (Å²) < 4.78 is 0. The second kappa shape index (κ2) is 5.45. The van der Waals surface area contributed by atoms with Gasteiger partial charge >= 0.3 is 5.97 Å². The fraction of sp³-hybridized carbons (Fsp3) is 0.444. The second-order valence-electron chi connectivity index (χ2n) is 3.12. The number of carboxylic acids is 1. The zero-order valence-corrected chi connectivity index (χ0v) is 9.16. The summed E-state index contributed by atoms with van der Waals surface area (Å²) in [6, 6.07) is 0. The van der Waals surface area contributed by atoms with E-state index in [2.05, 4.69) is 4.98 Å². The van der Waals surface area contributed by atoms with Gasteiger partial charge in [-0.3, -0.25) is 9.59 Å². The molecule has 0 aliphatic rings. The Morgan fingerprint density at radius 2 is 2.33 bits per heavy atom. The topological polar surface area (TPSA) is 70.5 Å². The number of carbonyl (C=O) groups excluding carboxylic acids is 1. The van der Waals surface area contributed by atoms with Gasteiger partial charge in [-0.15, -0.1) is 11.3 Å². The maximum Gasteiger partial charge on any atom is 0.305 e. The average Bonchev–Trinajstić information content (AvgIpc) is 2.66.